The minimum Gasteiger partial charge on any atom is -0.310 e. The first-order valence-electron chi connectivity index (χ1n) is 5.45. The summed E-state index contributed by atoms with van der Waals surface area (Å²) in [5, 5.41) is 3.66. The van der Waals surface area contributed by atoms with Crippen molar-refractivity contribution in [3.63, 3.8) is 0 Å². The van der Waals surface area contributed by atoms with Crippen LogP contribution in [0.3, 0.4) is 0 Å². The molecule has 1 aromatic rings. The average molecular weight is 266 g/mol. The molecule has 0 aliphatic carbocycles. The van der Waals surface area contributed by atoms with Crippen molar-refractivity contribution in [1.29, 1.82) is 0 Å². The van der Waals surface area contributed by atoms with Crippen molar-refractivity contribution in [3.8, 4) is 0 Å². The number of halogens is 4. The van der Waals surface area contributed by atoms with Crippen LogP contribution in [-0.4, -0.2) is 12.7 Å². The van der Waals surface area contributed by atoms with Gasteiger partial charge in [-0.15, -0.1) is 0 Å². The van der Waals surface area contributed by atoms with Gasteiger partial charge in [-0.05, 0) is 31.5 Å². The highest BCUT2D eigenvalue weighted by Crippen LogP contribution is 2.23. The van der Waals surface area contributed by atoms with Gasteiger partial charge in [0.15, 0.2) is 0 Å². The molecule has 0 fully saturated rings. The summed E-state index contributed by atoms with van der Waals surface area (Å²) >= 11 is 5.98. The van der Waals surface area contributed by atoms with Crippen LogP contribution in [0.4, 0.5) is 13.2 Å². The molecule has 5 heteroatoms. The second kappa shape index (κ2) is 6.26. The smallest absolute Gasteiger partial charge is 0.310 e. The normalized spacial score (nSPS) is 13.7. The van der Waals surface area contributed by atoms with Gasteiger partial charge in [0.2, 0.25) is 0 Å². The molecular formula is C12H15ClF3N. The van der Waals surface area contributed by atoms with Crippen LogP contribution in [0.2, 0.25) is 5.02 Å². The van der Waals surface area contributed by atoms with Gasteiger partial charge in [0.05, 0.1) is 0 Å². The molecule has 0 saturated heterocycles. The second-order valence-electron chi connectivity index (χ2n) is 3.92. The summed E-state index contributed by atoms with van der Waals surface area (Å²) in [6.45, 7) is 2.21. The van der Waals surface area contributed by atoms with Crippen molar-refractivity contribution in [2.75, 3.05) is 6.54 Å². The highest BCUT2D eigenvalue weighted by Gasteiger charge is 2.25. The zero-order valence-electron chi connectivity index (χ0n) is 9.52. The van der Waals surface area contributed by atoms with Gasteiger partial charge in [0.25, 0.3) is 0 Å². The third-order valence-corrected chi connectivity index (χ3v) is 2.80. The van der Waals surface area contributed by atoms with E-state index in [0.717, 1.165) is 5.56 Å². The van der Waals surface area contributed by atoms with E-state index in [1.165, 1.54) is 0 Å². The Hall–Kier alpha value is -0.740. The number of rotatable bonds is 5. The maximum atomic E-state index is 11.9. The molecule has 1 N–H and O–H groups in total. The molecular weight excluding hydrogens is 251 g/mol. The standard InChI is InChI=1S/C12H15ClF3N/c1-9(10-5-2-3-6-11(10)13)17-8-4-7-12(14,15)16/h2-3,5-6,9,17H,4,7-8H2,1H3/t9-/m1/s1. The molecule has 0 bridgehead atoms. The second-order valence-corrected chi connectivity index (χ2v) is 4.32. The van der Waals surface area contributed by atoms with E-state index in [4.69, 9.17) is 11.6 Å². The Kier molecular flexibility index (Phi) is 5.28. The van der Waals surface area contributed by atoms with Crippen LogP contribution in [0.15, 0.2) is 24.3 Å². The van der Waals surface area contributed by atoms with Crippen LogP contribution < -0.4 is 5.32 Å². The van der Waals surface area contributed by atoms with Crippen LogP contribution in [0.25, 0.3) is 0 Å². The monoisotopic (exact) mass is 265 g/mol. The van der Waals surface area contributed by atoms with Crippen LogP contribution in [0, 0.1) is 0 Å². The molecule has 0 heterocycles. The fourth-order valence-corrected chi connectivity index (χ4v) is 1.84. The molecule has 0 aliphatic heterocycles. The quantitative estimate of drug-likeness (QED) is 0.781. The summed E-state index contributed by atoms with van der Waals surface area (Å²) in [6, 6.07) is 7.27. The minimum atomic E-state index is -4.07. The molecule has 96 valence electrons. The number of hydrogen-bond acceptors (Lipinski definition) is 1. The first-order chi connectivity index (χ1) is 7.90. The molecule has 0 radical (unpaired) electrons. The predicted molar refractivity (Wildman–Crippen MR) is 63.2 cm³/mol. The maximum absolute atomic E-state index is 11.9. The Balaban J connectivity index is 2.36. The van der Waals surface area contributed by atoms with E-state index in [0.29, 0.717) is 11.6 Å². The van der Waals surface area contributed by atoms with Crippen molar-refractivity contribution in [3.05, 3.63) is 34.9 Å². The Morgan fingerprint density at radius 3 is 2.53 bits per heavy atom. The van der Waals surface area contributed by atoms with Crippen molar-refractivity contribution < 1.29 is 13.2 Å². The molecule has 1 aromatic carbocycles. The largest absolute Gasteiger partial charge is 0.389 e. The Morgan fingerprint density at radius 2 is 1.94 bits per heavy atom. The van der Waals surface area contributed by atoms with Gasteiger partial charge in [0, 0.05) is 17.5 Å². The summed E-state index contributed by atoms with van der Waals surface area (Å²) in [5.74, 6) is 0. The van der Waals surface area contributed by atoms with Gasteiger partial charge in [0.1, 0.15) is 0 Å². The average Bonchev–Trinajstić information content (AvgIpc) is 2.23. The summed E-state index contributed by atoms with van der Waals surface area (Å²) < 4.78 is 35.8. The summed E-state index contributed by atoms with van der Waals surface area (Å²) in [7, 11) is 0. The highest BCUT2D eigenvalue weighted by atomic mass is 35.5. The molecule has 0 spiro atoms. The molecule has 1 rings (SSSR count). The van der Waals surface area contributed by atoms with Crippen molar-refractivity contribution >= 4 is 11.6 Å². The summed E-state index contributed by atoms with van der Waals surface area (Å²) in [6.07, 6.45) is -4.75. The van der Waals surface area contributed by atoms with E-state index < -0.39 is 12.6 Å². The molecule has 17 heavy (non-hydrogen) atoms. The first kappa shape index (κ1) is 14.3. The molecule has 0 unspecified atom stereocenters. The molecule has 0 aliphatic rings. The van der Waals surface area contributed by atoms with Gasteiger partial charge < -0.3 is 5.32 Å². The minimum absolute atomic E-state index is 0.0445. The highest BCUT2D eigenvalue weighted by molar-refractivity contribution is 6.31. The summed E-state index contributed by atoms with van der Waals surface area (Å²) in [4.78, 5) is 0. The van der Waals surface area contributed by atoms with Crippen LogP contribution in [-0.2, 0) is 0 Å². The molecule has 0 amide bonds. The summed E-state index contributed by atoms with van der Waals surface area (Å²) in [5.41, 5.74) is 0.904. The Morgan fingerprint density at radius 1 is 1.29 bits per heavy atom. The molecule has 1 atom stereocenters. The van der Waals surface area contributed by atoms with Crippen molar-refractivity contribution in [1.82, 2.24) is 5.32 Å². The van der Waals surface area contributed by atoms with E-state index in [1.807, 2.05) is 25.1 Å². The van der Waals surface area contributed by atoms with E-state index in [-0.39, 0.29) is 12.5 Å². The fourth-order valence-electron chi connectivity index (χ4n) is 1.54. The van der Waals surface area contributed by atoms with Gasteiger partial charge in [-0.2, -0.15) is 13.2 Å². The van der Waals surface area contributed by atoms with Gasteiger partial charge in [-0.25, -0.2) is 0 Å². The molecule has 0 aromatic heterocycles. The van der Waals surface area contributed by atoms with Crippen molar-refractivity contribution in [2.45, 2.75) is 32.0 Å². The zero-order chi connectivity index (χ0) is 12.9. The SMILES string of the molecule is C[C@@H](NCCCC(F)(F)F)c1ccccc1Cl. The lowest BCUT2D eigenvalue weighted by Gasteiger charge is -2.15. The van der Waals surface area contributed by atoms with Gasteiger partial charge in [-0.1, -0.05) is 29.8 Å². The molecule has 0 saturated carbocycles. The van der Waals surface area contributed by atoms with Crippen LogP contribution in [0.1, 0.15) is 31.4 Å². The predicted octanol–water partition coefficient (Wildman–Crippen LogP) is 4.33. The first-order valence-corrected chi connectivity index (χ1v) is 5.82. The Labute approximate surface area is 104 Å². The third-order valence-electron chi connectivity index (χ3n) is 2.46. The number of benzene rings is 1. The lowest BCUT2D eigenvalue weighted by molar-refractivity contribution is -0.135. The van der Waals surface area contributed by atoms with Crippen LogP contribution >= 0.6 is 11.6 Å². The zero-order valence-corrected chi connectivity index (χ0v) is 10.3. The van der Waals surface area contributed by atoms with Gasteiger partial charge in [-0.3, -0.25) is 0 Å². The van der Waals surface area contributed by atoms with Crippen molar-refractivity contribution in [2.24, 2.45) is 0 Å². The number of nitrogens with one attached hydrogen (secondary N) is 1. The fraction of sp³-hybridized carbons (Fsp3) is 0.500. The molecule has 1 nitrogen and oxygen atoms in total. The Bertz CT molecular complexity index is 352. The lowest BCUT2D eigenvalue weighted by Crippen LogP contribution is -2.21. The number of hydrogen-bond donors (Lipinski definition) is 1. The van der Waals surface area contributed by atoms with E-state index >= 15 is 0 Å². The number of alkyl halides is 3. The van der Waals surface area contributed by atoms with Gasteiger partial charge >= 0.3 is 6.18 Å². The van der Waals surface area contributed by atoms with E-state index in [9.17, 15) is 13.2 Å². The third kappa shape index (κ3) is 5.41. The lowest BCUT2D eigenvalue weighted by atomic mass is 10.1. The topological polar surface area (TPSA) is 12.0 Å². The van der Waals surface area contributed by atoms with E-state index in [1.54, 1.807) is 6.07 Å². The van der Waals surface area contributed by atoms with Crippen LogP contribution in [0.5, 0.6) is 0 Å². The van der Waals surface area contributed by atoms with E-state index in [2.05, 4.69) is 5.32 Å². The maximum Gasteiger partial charge on any atom is 0.389 e.